The van der Waals surface area contributed by atoms with Crippen LogP contribution in [-0.4, -0.2) is 33.3 Å². The van der Waals surface area contributed by atoms with Crippen LogP contribution >= 0.6 is 0 Å². The molecule has 1 fully saturated rings. The van der Waals surface area contributed by atoms with E-state index in [0.29, 0.717) is 17.9 Å². The van der Waals surface area contributed by atoms with Gasteiger partial charge in [0.2, 0.25) is 5.95 Å². The molecule has 0 amide bonds. The van der Waals surface area contributed by atoms with Gasteiger partial charge in [0.1, 0.15) is 5.82 Å². The van der Waals surface area contributed by atoms with Gasteiger partial charge in [0.25, 0.3) is 0 Å². The van der Waals surface area contributed by atoms with Crippen LogP contribution in [0.25, 0.3) is 11.0 Å². The number of hydrogen-bond donors (Lipinski definition) is 3. The lowest BCUT2D eigenvalue weighted by Gasteiger charge is -2.35. The molecule has 3 N–H and O–H groups in total. The monoisotopic (exact) mass is 274 g/mol. The van der Waals surface area contributed by atoms with Crippen molar-refractivity contribution >= 4 is 22.8 Å². The van der Waals surface area contributed by atoms with Crippen LogP contribution in [0.5, 0.6) is 0 Å². The Morgan fingerprint density at radius 3 is 2.90 bits per heavy atom. The summed E-state index contributed by atoms with van der Waals surface area (Å²) in [4.78, 5) is 8.91. The van der Waals surface area contributed by atoms with Crippen molar-refractivity contribution < 1.29 is 0 Å². The first-order valence-electron chi connectivity index (χ1n) is 7.34. The summed E-state index contributed by atoms with van der Waals surface area (Å²) in [5.74, 6) is 2.89. The Labute approximate surface area is 118 Å². The second-order valence-electron chi connectivity index (χ2n) is 5.80. The van der Waals surface area contributed by atoms with Crippen LogP contribution in [0, 0.1) is 11.8 Å². The number of nitrogens with zero attached hydrogens (tertiary/aromatic N) is 3. The fourth-order valence-electron chi connectivity index (χ4n) is 3.02. The summed E-state index contributed by atoms with van der Waals surface area (Å²) in [7, 11) is 1.83. The molecule has 1 aliphatic carbocycles. The van der Waals surface area contributed by atoms with Gasteiger partial charge in [-0.2, -0.15) is 15.1 Å². The van der Waals surface area contributed by atoms with Crippen LogP contribution in [0.1, 0.15) is 33.1 Å². The van der Waals surface area contributed by atoms with E-state index in [2.05, 4.69) is 44.6 Å². The molecular formula is C14H22N6. The van der Waals surface area contributed by atoms with E-state index in [9.17, 15) is 0 Å². The van der Waals surface area contributed by atoms with Gasteiger partial charge in [-0.3, -0.25) is 5.10 Å². The second kappa shape index (κ2) is 5.26. The summed E-state index contributed by atoms with van der Waals surface area (Å²) >= 11 is 0. The van der Waals surface area contributed by atoms with Gasteiger partial charge in [-0.25, -0.2) is 0 Å². The molecule has 3 unspecified atom stereocenters. The summed E-state index contributed by atoms with van der Waals surface area (Å²) < 4.78 is 0. The number of nitrogens with one attached hydrogen (secondary N) is 3. The van der Waals surface area contributed by atoms with Crippen molar-refractivity contribution in [3.63, 3.8) is 0 Å². The quantitative estimate of drug-likeness (QED) is 0.802. The average Bonchev–Trinajstić information content (AvgIpc) is 2.92. The molecule has 0 spiro atoms. The fraction of sp³-hybridized carbons (Fsp3) is 0.643. The van der Waals surface area contributed by atoms with E-state index >= 15 is 0 Å². The zero-order chi connectivity index (χ0) is 14.1. The van der Waals surface area contributed by atoms with E-state index in [1.165, 1.54) is 19.3 Å². The van der Waals surface area contributed by atoms with E-state index < -0.39 is 0 Å². The summed E-state index contributed by atoms with van der Waals surface area (Å²) in [6.07, 6.45) is 5.59. The third-order valence-corrected chi connectivity index (χ3v) is 4.56. The molecule has 2 heterocycles. The molecule has 2 aromatic rings. The van der Waals surface area contributed by atoms with Crippen molar-refractivity contribution in [2.45, 2.75) is 39.2 Å². The summed E-state index contributed by atoms with van der Waals surface area (Å²) in [6, 6.07) is 0.469. The van der Waals surface area contributed by atoms with Crippen LogP contribution in [0.3, 0.4) is 0 Å². The molecule has 3 rings (SSSR count). The Balaban J connectivity index is 1.91. The number of aromatic nitrogens is 4. The first kappa shape index (κ1) is 13.1. The molecule has 0 aromatic carbocycles. The first-order chi connectivity index (χ1) is 9.69. The van der Waals surface area contributed by atoms with Crippen molar-refractivity contribution in [2.75, 3.05) is 17.7 Å². The topological polar surface area (TPSA) is 78.5 Å². The molecule has 108 valence electrons. The minimum absolute atomic E-state index is 0.469. The molecule has 2 aromatic heterocycles. The molecule has 6 nitrogen and oxygen atoms in total. The minimum atomic E-state index is 0.469. The predicted octanol–water partition coefficient (Wildman–Crippen LogP) is 2.63. The van der Waals surface area contributed by atoms with Crippen LogP contribution in [0.15, 0.2) is 6.20 Å². The van der Waals surface area contributed by atoms with Crippen LogP contribution in [0.4, 0.5) is 11.8 Å². The zero-order valence-corrected chi connectivity index (χ0v) is 12.3. The van der Waals surface area contributed by atoms with Gasteiger partial charge in [0, 0.05) is 13.1 Å². The van der Waals surface area contributed by atoms with Crippen molar-refractivity contribution in [1.82, 2.24) is 20.2 Å². The maximum absolute atomic E-state index is 4.55. The van der Waals surface area contributed by atoms with Crippen LogP contribution < -0.4 is 10.6 Å². The van der Waals surface area contributed by atoms with Gasteiger partial charge >= 0.3 is 0 Å². The standard InChI is InChI=1S/C14H22N6/c1-8-5-4-6-11(9(8)2)17-12-10-7-16-20-13(10)19-14(15-3)18-12/h7-9,11H,4-6H2,1-3H3,(H3,15,16,17,18,19,20). The predicted molar refractivity (Wildman–Crippen MR) is 80.8 cm³/mol. The van der Waals surface area contributed by atoms with Crippen molar-refractivity contribution in [2.24, 2.45) is 11.8 Å². The second-order valence-corrected chi connectivity index (χ2v) is 5.80. The van der Waals surface area contributed by atoms with Crippen molar-refractivity contribution in [3.05, 3.63) is 6.20 Å². The van der Waals surface area contributed by atoms with Crippen LogP contribution in [-0.2, 0) is 0 Å². The maximum atomic E-state index is 4.55. The minimum Gasteiger partial charge on any atom is -0.366 e. The summed E-state index contributed by atoms with van der Waals surface area (Å²) in [5, 5.41) is 14.5. The molecule has 1 saturated carbocycles. The Kier molecular flexibility index (Phi) is 3.46. The Morgan fingerprint density at radius 1 is 1.25 bits per heavy atom. The van der Waals surface area contributed by atoms with E-state index in [4.69, 9.17) is 0 Å². The highest BCUT2D eigenvalue weighted by molar-refractivity contribution is 5.87. The SMILES string of the molecule is CNc1nc(NC2CCCC(C)C2C)c2cn[nH]c2n1. The summed E-state index contributed by atoms with van der Waals surface area (Å²) in [6.45, 7) is 4.67. The third kappa shape index (κ3) is 2.30. The van der Waals surface area contributed by atoms with Crippen molar-refractivity contribution in [1.29, 1.82) is 0 Å². The smallest absolute Gasteiger partial charge is 0.226 e. The maximum Gasteiger partial charge on any atom is 0.226 e. The Bertz CT molecular complexity index is 592. The lowest BCUT2D eigenvalue weighted by molar-refractivity contribution is 0.253. The van der Waals surface area contributed by atoms with E-state index in [1.54, 1.807) is 6.20 Å². The molecular weight excluding hydrogens is 252 g/mol. The zero-order valence-electron chi connectivity index (χ0n) is 12.3. The molecule has 20 heavy (non-hydrogen) atoms. The van der Waals surface area contributed by atoms with E-state index in [0.717, 1.165) is 22.8 Å². The number of anilines is 2. The van der Waals surface area contributed by atoms with Crippen molar-refractivity contribution in [3.8, 4) is 0 Å². The van der Waals surface area contributed by atoms with E-state index in [-0.39, 0.29) is 0 Å². The Hall–Kier alpha value is -1.85. The van der Waals surface area contributed by atoms with Gasteiger partial charge < -0.3 is 10.6 Å². The fourth-order valence-corrected chi connectivity index (χ4v) is 3.02. The van der Waals surface area contributed by atoms with Gasteiger partial charge in [-0.15, -0.1) is 0 Å². The van der Waals surface area contributed by atoms with Gasteiger partial charge in [-0.1, -0.05) is 26.7 Å². The number of H-pyrrole nitrogens is 1. The molecule has 0 aliphatic heterocycles. The molecule has 3 atom stereocenters. The number of aromatic amines is 1. The summed E-state index contributed by atoms with van der Waals surface area (Å²) in [5.41, 5.74) is 0.767. The van der Waals surface area contributed by atoms with Gasteiger partial charge in [-0.05, 0) is 18.3 Å². The largest absolute Gasteiger partial charge is 0.366 e. The molecule has 0 saturated heterocycles. The highest BCUT2D eigenvalue weighted by Crippen LogP contribution is 2.32. The number of fused-ring (bicyclic) bond motifs is 1. The van der Waals surface area contributed by atoms with Gasteiger partial charge in [0.15, 0.2) is 5.65 Å². The molecule has 0 bridgehead atoms. The molecule has 0 radical (unpaired) electrons. The first-order valence-corrected chi connectivity index (χ1v) is 7.34. The molecule has 6 heteroatoms. The highest BCUT2D eigenvalue weighted by atomic mass is 15.2. The van der Waals surface area contributed by atoms with Gasteiger partial charge in [0.05, 0.1) is 11.6 Å². The Morgan fingerprint density at radius 2 is 2.10 bits per heavy atom. The number of rotatable bonds is 3. The average molecular weight is 274 g/mol. The molecule has 1 aliphatic rings. The number of hydrogen-bond acceptors (Lipinski definition) is 5. The third-order valence-electron chi connectivity index (χ3n) is 4.56. The lowest BCUT2D eigenvalue weighted by Crippen LogP contribution is -2.35. The lowest BCUT2D eigenvalue weighted by atomic mass is 9.78. The van der Waals surface area contributed by atoms with Crippen LogP contribution in [0.2, 0.25) is 0 Å². The van der Waals surface area contributed by atoms with E-state index in [1.807, 2.05) is 7.05 Å². The highest BCUT2D eigenvalue weighted by Gasteiger charge is 2.27. The normalized spacial score (nSPS) is 26.6.